The largest absolute Gasteiger partial charge is 0.486 e. The number of unbranched alkanes of at least 4 members (excludes halogenated alkanes) is 1. The van der Waals surface area contributed by atoms with Crippen molar-refractivity contribution in [3.8, 4) is 5.75 Å². The molecule has 1 unspecified atom stereocenters. The molecular weight excluding hydrogens is 190 g/mol. The molecule has 1 atom stereocenters. The molecule has 1 aromatic rings. The normalized spacial score (nSPS) is 12.5. The second kappa shape index (κ2) is 6.40. The number of pyridine rings is 1. The van der Waals surface area contributed by atoms with Gasteiger partial charge in [0.1, 0.15) is 11.9 Å². The summed E-state index contributed by atoms with van der Waals surface area (Å²) >= 11 is 0. The highest BCUT2D eigenvalue weighted by Crippen LogP contribution is 2.18. The number of aliphatic hydroxyl groups excluding tert-OH is 1. The van der Waals surface area contributed by atoms with Gasteiger partial charge in [-0.15, -0.1) is 0 Å². The van der Waals surface area contributed by atoms with Gasteiger partial charge in [-0.3, -0.25) is 4.98 Å². The molecule has 84 valence electrons. The van der Waals surface area contributed by atoms with Crippen molar-refractivity contribution >= 4 is 0 Å². The quantitative estimate of drug-likeness (QED) is 0.781. The number of aromatic nitrogens is 1. The SMILES string of the molecule is CCCCc1ncccc1OC(C)CO. The second-order valence-electron chi connectivity index (χ2n) is 3.66. The Kier molecular flexibility index (Phi) is 5.12. The van der Waals surface area contributed by atoms with E-state index in [2.05, 4.69) is 11.9 Å². The van der Waals surface area contributed by atoms with Gasteiger partial charge in [0.05, 0.1) is 12.3 Å². The molecule has 3 nitrogen and oxygen atoms in total. The van der Waals surface area contributed by atoms with Gasteiger partial charge < -0.3 is 9.84 Å². The van der Waals surface area contributed by atoms with Crippen LogP contribution in [0.5, 0.6) is 5.75 Å². The molecule has 0 saturated heterocycles. The van der Waals surface area contributed by atoms with Crippen LogP contribution in [0.2, 0.25) is 0 Å². The first-order valence-electron chi connectivity index (χ1n) is 5.49. The van der Waals surface area contributed by atoms with E-state index in [4.69, 9.17) is 9.84 Å². The van der Waals surface area contributed by atoms with Gasteiger partial charge in [-0.1, -0.05) is 13.3 Å². The number of nitrogens with zero attached hydrogens (tertiary/aromatic N) is 1. The van der Waals surface area contributed by atoms with Crippen LogP contribution < -0.4 is 4.74 Å². The fourth-order valence-electron chi connectivity index (χ4n) is 1.32. The van der Waals surface area contributed by atoms with E-state index in [-0.39, 0.29) is 12.7 Å². The summed E-state index contributed by atoms with van der Waals surface area (Å²) in [5.41, 5.74) is 0.986. The van der Waals surface area contributed by atoms with Crippen LogP contribution in [0.4, 0.5) is 0 Å². The van der Waals surface area contributed by atoms with Gasteiger partial charge in [-0.25, -0.2) is 0 Å². The summed E-state index contributed by atoms with van der Waals surface area (Å²) < 4.78 is 5.58. The molecule has 0 aliphatic heterocycles. The Hall–Kier alpha value is -1.09. The van der Waals surface area contributed by atoms with E-state index in [9.17, 15) is 0 Å². The van der Waals surface area contributed by atoms with Crippen LogP contribution in [0.15, 0.2) is 18.3 Å². The van der Waals surface area contributed by atoms with E-state index < -0.39 is 0 Å². The van der Waals surface area contributed by atoms with Crippen molar-refractivity contribution in [2.24, 2.45) is 0 Å². The zero-order valence-corrected chi connectivity index (χ0v) is 9.44. The van der Waals surface area contributed by atoms with Crippen LogP contribution in [-0.2, 0) is 6.42 Å². The Balaban J connectivity index is 2.67. The van der Waals surface area contributed by atoms with Crippen molar-refractivity contribution < 1.29 is 9.84 Å². The number of hydrogen-bond acceptors (Lipinski definition) is 3. The van der Waals surface area contributed by atoms with Crippen molar-refractivity contribution in [1.29, 1.82) is 0 Å². The Labute approximate surface area is 91.1 Å². The Morgan fingerprint density at radius 1 is 1.53 bits per heavy atom. The summed E-state index contributed by atoms with van der Waals surface area (Å²) in [6.07, 6.45) is 4.80. The molecule has 3 heteroatoms. The molecule has 1 rings (SSSR count). The third-order valence-corrected chi connectivity index (χ3v) is 2.20. The number of aryl methyl sites for hydroxylation is 1. The molecular formula is C12H19NO2. The Bertz CT molecular complexity index is 289. The van der Waals surface area contributed by atoms with Crippen LogP contribution in [0.25, 0.3) is 0 Å². The zero-order valence-electron chi connectivity index (χ0n) is 9.44. The summed E-state index contributed by atoms with van der Waals surface area (Å²) in [6, 6.07) is 3.76. The van der Waals surface area contributed by atoms with Crippen LogP contribution in [0.1, 0.15) is 32.4 Å². The lowest BCUT2D eigenvalue weighted by molar-refractivity contribution is 0.128. The molecule has 0 spiro atoms. The molecule has 15 heavy (non-hydrogen) atoms. The number of ether oxygens (including phenoxy) is 1. The van der Waals surface area contributed by atoms with Crippen LogP contribution in [0, 0.1) is 0 Å². The van der Waals surface area contributed by atoms with Crippen molar-refractivity contribution in [2.45, 2.75) is 39.2 Å². The third-order valence-electron chi connectivity index (χ3n) is 2.20. The highest BCUT2D eigenvalue weighted by Gasteiger charge is 2.07. The maximum absolute atomic E-state index is 8.92. The van der Waals surface area contributed by atoms with Crippen molar-refractivity contribution in [3.63, 3.8) is 0 Å². The average molecular weight is 209 g/mol. The van der Waals surface area contributed by atoms with E-state index in [1.807, 2.05) is 19.1 Å². The van der Waals surface area contributed by atoms with Crippen LogP contribution in [-0.4, -0.2) is 22.8 Å². The van der Waals surface area contributed by atoms with Gasteiger partial charge in [0, 0.05) is 6.20 Å². The van der Waals surface area contributed by atoms with Gasteiger partial charge in [0.25, 0.3) is 0 Å². The highest BCUT2D eigenvalue weighted by molar-refractivity contribution is 5.27. The Morgan fingerprint density at radius 3 is 3.00 bits per heavy atom. The molecule has 0 amide bonds. The van der Waals surface area contributed by atoms with Gasteiger partial charge in [0.2, 0.25) is 0 Å². The van der Waals surface area contributed by atoms with Gasteiger partial charge in [-0.05, 0) is 31.9 Å². The fraction of sp³-hybridized carbons (Fsp3) is 0.583. The maximum atomic E-state index is 8.92. The minimum Gasteiger partial charge on any atom is -0.486 e. The van der Waals surface area contributed by atoms with E-state index in [0.717, 1.165) is 30.7 Å². The van der Waals surface area contributed by atoms with Crippen LogP contribution >= 0.6 is 0 Å². The predicted octanol–water partition coefficient (Wildman–Crippen LogP) is 2.18. The molecule has 0 saturated carbocycles. The van der Waals surface area contributed by atoms with Crippen LogP contribution in [0.3, 0.4) is 0 Å². The molecule has 0 fully saturated rings. The summed E-state index contributed by atoms with van der Waals surface area (Å²) in [5, 5.41) is 8.92. The maximum Gasteiger partial charge on any atom is 0.141 e. The first-order valence-corrected chi connectivity index (χ1v) is 5.49. The molecule has 0 aliphatic rings. The third kappa shape index (κ3) is 3.88. The number of rotatable bonds is 6. The minimum atomic E-state index is -0.172. The molecule has 1 N–H and O–H groups in total. The van der Waals surface area contributed by atoms with Crippen molar-refractivity contribution in [3.05, 3.63) is 24.0 Å². The lowest BCUT2D eigenvalue weighted by Gasteiger charge is -2.14. The van der Waals surface area contributed by atoms with E-state index in [0.29, 0.717) is 0 Å². The second-order valence-corrected chi connectivity index (χ2v) is 3.66. The van der Waals surface area contributed by atoms with E-state index in [1.54, 1.807) is 6.20 Å². The first kappa shape index (κ1) is 12.0. The summed E-state index contributed by atoms with van der Waals surface area (Å²) in [5.74, 6) is 0.799. The van der Waals surface area contributed by atoms with E-state index >= 15 is 0 Å². The lowest BCUT2D eigenvalue weighted by Crippen LogP contribution is -2.17. The standard InChI is InChI=1S/C12H19NO2/c1-3-4-6-11-12(7-5-8-13-11)15-10(2)9-14/h5,7-8,10,14H,3-4,6,9H2,1-2H3. The highest BCUT2D eigenvalue weighted by atomic mass is 16.5. The number of hydrogen-bond donors (Lipinski definition) is 1. The molecule has 1 heterocycles. The monoisotopic (exact) mass is 209 g/mol. The lowest BCUT2D eigenvalue weighted by atomic mass is 10.2. The summed E-state index contributed by atoms with van der Waals surface area (Å²) in [7, 11) is 0. The first-order chi connectivity index (χ1) is 7.27. The number of aliphatic hydroxyl groups is 1. The minimum absolute atomic E-state index is 0.0299. The van der Waals surface area contributed by atoms with Gasteiger partial charge >= 0.3 is 0 Å². The van der Waals surface area contributed by atoms with Crippen molar-refractivity contribution in [2.75, 3.05) is 6.61 Å². The van der Waals surface area contributed by atoms with Gasteiger partial charge in [0.15, 0.2) is 0 Å². The molecule has 1 aromatic heterocycles. The topological polar surface area (TPSA) is 42.4 Å². The van der Waals surface area contributed by atoms with E-state index in [1.165, 1.54) is 0 Å². The average Bonchev–Trinajstić information content (AvgIpc) is 2.28. The fourth-order valence-corrected chi connectivity index (χ4v) is 1.32. The summed E-state index contributed by atoms with van der Waals surface area (Å²) in [4.78, 5) is 4.30. The zero-order chi connectivity index (χ0) is 11.1. The Morgan fingerprint density at radius 2 is 2.33 bits per heavy atom. The van der Waals surface area contributed by atoms with Gasteiger partial charge in [-0.2, -0.15) is 0 Å². The predicted molar refractivity (Wildman–Crippen MR) is 60.0 cm³/mol. The molecule has 0 radical (unpaired) electrons. The van der Waals surface area contributed by atoms with Crippen molar-refractivity contribution in [1.82, 2.24) is 4.98 Å². The summed E-state index contributed by atoms with van der Waals surface area (Å²) in [6.45, 7) is 4.03. The smallest absolute Gasteiger partial charge is 0.141 e. The molecule has 0 aromatic carbocycles. The molecule has 0 aliphatic carbocycles. The molecule has 0 bridgehead atoms.